The first-order valence-electron chi connectivity index (χ1n) is 5.58. The van der Waals surface area contributed by atoms with E-state index in [0.29, 0.717) is 5.56 Å². The molecular weight excluding hydrogens is 207 g/mol. The monoisotopic (exact) mass is 222 g/mol. The Labute approximate surface area is 94.4 Å². The van der Waals surface area contributed by atoms with Gasteiger partial charge in [0.15, 0.2) is 5.78 Å². The molecule has 0 amide bonds. The summed E-state index contributed by atoms with van der Waals surface area (Å²) in [6, 6.07) is 6.38. The van der Waals surface area contributed by atoms with Gasteiger partial charge in [0.05, 0.1) is 6.10 Å². The molecule has 0 radical (unpaired) electrons. The van der Waals surface area contributed by atoms with Gasteiger partial charge >= 0.3 is 0 Å². The molecule has 0 aliphatic carbocycles. The zero-order valence-electron chi connectivity index (χ0n) is 9.28. The molecule has 0 aromatic heterocycles. The molecule has 2 unspecified atom stereocenters. The lowest BCUT2D eigenvalue weighted by atomic mass is 10.0. The molecule has 1 aliphatic heterocycles. The molecule has 0 bridgehead atoms. The van der Waals surface area contributed by atoms with Crippen LogP contribution in [0.1, 0.15) is 25.3 Å². The van der Waals surface area contributed by atoms with E-state index >= 15 is 0 Å². The average molecular weight is 222 g/mol. The fourth-order valence-corrected chi connectivity index (χ4v) is 1.98. The molecule has 16 heavy (non-hydrogen) atoms. The number of carbonyl (C=O) groups is 1. The Morgan fingerprint density at radius 2 is 2.19 bits per heavy atom. The van der Waals surface area contributed by atoms with E-state index in [0.717, 1.165) is 12.8 Å². The van der Waals surface area contributed by atoms with Crippen molar-refractivity contribution in [1.82, 2.24) is 0 Å². The first kappa shape index (κ1) is 11.3. The van der Waals surface area contributed by atoms with Gasteiger partial charge < -0.3 is 4.74 Å². The lowest BCUT2D eigenvalue weighted by Crippen LogP contribution is -2.22. The average Bonchev–Trinajstić information content (AvgIpc) is 2.68. The SMILES string of the molecule is CC1CCC(C(=O)Cc2ccccc2F)O1. The lowest BCUT2D eigenvalue weighted by molar-refractivity contribution is -0.128. The predicted octanol–water partition coefficient (Wildman–Crippen LogP) is 2.50. The molecule has 86 valence electrons. The van der Waals surface area contributed by atoms with Crippen LogP contribution in [0.4, 0.5) is 4.39 Å². The minimum atomic E-state index is -0.338. The molecule has 1 fully saturated rings. The Morgan fingerprint density at radius 3 is 2.81 bits per heavy atom. The Hall–Kier alpha value is -1.22. The Balaban J connectivity index is 2.00. The van der Waals surface area contributed by atoms with Crippen LogP contribution < -0.4 is 0 Å². The van der Waals surface area contributed by atoms with Crippen molar-refractivity contribution in [3.63, 3.8) is 0 Å². The van der Waals surface area contributed by atoms with Gasteiger partial charge in [0.25, 0.3) is 0 Å². The smallest absolute Gasteiger partial charge is 0.166 e. The summed E-state index contributed by atoms with van der Waals surface area (Å²) < 4.78 is 18.8. The second kappa shape index (κ2) is 4.74. The summed E-state index contributed by atoms with van der Waals surface area (Å²) in [5, 5.41) is 0. The number of benzene rings is 1. The van der Waals surface area contributed by atoms with E-state index in [1.165, 1.54) is 6.07 Å². The van der Waals surface area contributed by atoms with Crippen LogP contribution in [0.3, 0.4) is 0 Å². The van der Waals surface area contributed by atoms with Crippen molar-refractivity contribution in [2.45, 2.75) is 38.4 Å². The largest absolute Gasteiger partial charge is 0.367 e. The second-order valence-corrected chi connectivity index (χ2v) is 4.25. The highest BCUT2D eigenvalue weighted by Crippen LogP contribution is 2.21. The van der Waals surface area contributed by atoms with E-state index < -0.39 is 0 Å². The van der Waals surface area contributed by atoms with Crippen LogP contribution in [0.25, 0.3) is 0 Å². The van der Waals surface area contributed by atoms with Crippen LogP contribution in [0.15, 0.2) is 24.3 Å². The van der Waals surface area contributed by atoms with E-state index in [1.807, 2.05) is 6.92 Å². The number of ether oxygens (including phenoxy) is 1. The third-order valence-electron chi connectivity index (χ3n) is 2.91. The molecule has 0 spiro atoms. The standard InChI is InChI=1S/C13H15FO2/c1-9-6-7-13(16-9)12(15)8-10-4-2-3-5-11(10)14/h2-5,9,13H,6-8H2,1H3. The summed E-state index contributed by atoms with van der Waals surface area (Å²) >= 11 is 0. The van der Waals surface area contributed by atoms with Gasteiger partial charge in [-0.2, -0.15) is 0 Å². The van der Waals surface area contributed by atoms with E-state index in [-0.39, 0.29) is 30.2 Å². The summed E-state index contributed by atoms with van der Waals surface area (Å²) in [7, 11) is 0. The number of hydrogen-bond donors (Lipinski definition) is 0. The zero-order chi connectivity index (χ0) is 11.5. The normalized spacial score (nSPS) is 24.6. The highest BCUT2D eigenvalue weighted by molar-refractivity contribution is 5.85. The molecular formula is C13H15FO2. The van der Waals surface area contributed by atoms with Crippen molar-refractivity contribution in [1.29, 1.82) is 0 Å². The minimum absolute atomic E-state index is 0.0190. The molecule has 1 heterocycles. The maximum absolute atomic E-state index is 13.3. The number of halogens is 1. The topological polar surface area (TPSA) is 26.3 Å². The van der Waals surface area contributed by atoms with E-state index in [4.69, 9.17) is 4.74 Å². The molecule has 2 rings (SSSR count). The molecule has 0 N–H and O–H groups in total. The summed E-state index contributed by atoms with van der Waals surface area (Å²) in [5.41, 5.74) is 0.454. The summed E-state index contributed by atoms with van der Waals surface area (Å²) in [4.78, 5) is 11.8. The Morgan fingerprint density at radius 1 is 1.44 bits per heavy atom. The fraction of sp³-hybridized carbons (Fsp3) is 0.462. The van der Waals surface area contributed by atoms with Crippen molar-refractivity contribution in [2.75, 3.05) is 0 Å². The summed E-state index contributed by atoms with van der Waals surface area (Å²) in [5.74, 6) is -0.337. The van der Waals surface area contributed by atoms with Crippen molar-refractivity contribution < 1.29 is 13.9 Å². The van der Waals surface area contributed by atoms with E-state index in [2.05, 4.69) is 0 Å². The third-order valence-corrected chi connectivity index (χ3v) is 2.91. The number of rotatable bonds is 3. The van der Waals surface area contributed by atoms with Crippen molar-refractivity contribution in [3.05, 3.63) is 35.6 Å². The van der Waals surface area contributed by atoms with Crippen molar-refractivity contribution in [3.8, 4) is 0 Å². The number of hydrogen-bond acceptors (Lipinski definition) is 2. The van der Waals surface area contributed by atoms with Gasteiger partial charge in [-0.3, -0.25) is 4.79 Å². The van der Waals surface area contributed by atoms with Crippen molar-refractivity contribution in [2.24, 2.45) is 0 Å². The number of ketones is 1. The summed E-state index contributed by atoms with van der Waals surface area (Å²) in [6.45, 7) is 1.95. The van der Waals surface area contributed by atoms with Gasteiger partial charge in [0.1, 0.15) is 11.9 Å². The zero-order valence-corrected chi connectivity index (χ0v) is 9.28. The molecule has 2 atom stereocenters. The van der Waals surface area contributed by atoms with Crippen LogP contribution in [-0.2, 0) is 16.0 Å². The summed E-state index contributed by atoms with van der Waals surface area (Å²) in [6.07, 6.45) is 1.61. The lowest BCUT2D eigenvalue weighted by Gasteiger charge is -2.10. The first-order valence-corrected chi connectivity index (χ1v) is 5.58. The Bertz CT molecular complexity index is 389. The quantitative estimate of drug-likeness (QED) is 0.785. The van der Waals surface area contributed by atoms with Gasteiger partial charge in [-0.25, -0.2) is 4.39 Å². The molecule has 1 saturated heterocycles. The number of carbonyl (C=O) groups excluding carboxylic acids is 1. The molecule has 1 aliphatic rings. The van der Waals surface area contributed by atoms with E-state index in [9.17, 15) is 9.18 Å². The maximum Gasteiger partial charge on any atom is 0.166 e. The second-order valence-electron chi connectivity index (χ2n) is 4.25. The minimum Gasteiger partial charge on any atom is -0.367 e. The first-order chi connectivity index (χ1) is 7.66. The van der Waals surface area contributed by atoms with Crippen LogP contribution in [0.2, 0.25) is 0 Å². The number of Topliss-reactive ketones (excluding diaryl/α,β-unsaturated/α-hetero) is 1. The Kier molecular flexibility index (Phi) is 3.34. The molecule has 1 aromatic carbocycles. The van der Waals surface area contributed by atoms with Gasteiger partial charge in [-0.15, -0.1) is 0 Å². The van der Waals surface area contributed by atoms with Gasteiger partial charge in [0.2, 0.25) is 0 Å². The van der Waals surface area contributed by atoms with Crippen LogP contribution in [-0.4, -0.2) is 18.0 Å². The fourth-order valence-electron chi connectivity index (χ4n) is 1.98. The predicted molar refractivity (Wildman–Crippen MR) is 58.7 cm³/mol. The third kappa shape index (κ3) is 2.47. The molecule has 2 nitrogen and oxygen atoms in total. The highest BCUT2D eigenvalue weighted by Gasteiger charge is 2.28. The maximum atomic E-state index is 13.3. The molecule has 1 aromatic rings. The van der Waals surface area contributed by atoms with Gasteiger partial charge in [-0.05, 0) is 31.4 Å². The van der Waals surface area contributed by atoms with E-state index in [1.54, 1.807) is 18.2 Å². The molecule has 3 heteroatoms. The van der Waals surface area contributed by atoms with Crippen LogP contribution >= 0.6 is 0 Å². The van der Waals surface area contributed by atoms with Crippen molar-refractivity contribution >= 4 is 5.78 Å². The van der Waals surface area contributed by atoms with Gasteiger partial charge in [0, 0.05) is 6.42 Å². The van der Waals surface area contributed by atoms with Crippen LogP contribution in [0, 0.1) is 5.82 Å². The highest BCUT2D eigenvalue weighted by atomic mass is 19.1. The molecule has 0 saturated carbocycles. The van der Waals surface area contributed by atoms with Crippen LogP contribution in [0.5, 0.6) is 0 Å². The van der Waals surface area contributed by atoms with Gasteiger partial charge in [-0.1, -0.05) is 18.2 Å².